The monoisotopic (exact) mass is 526 g/mol. The van der Waals surface area contributed by atoms with Crippen LogP contribution in [0.3, 0.4) is 0 Å². The molecule has 11 heteroatoms. The Hall–Kier alpha value is -1.79. The highest BCUT2D eigenvalue weighted by molar-refractivity contribution is 7.91. The van der Waals surface area contributed by atoms with Crippen LogP contribution in [0.25, 0.3) is 0 Å². The van der Waals surface area contributed by atoms with Crippen LogP contribution in [0.15, 0.2) is 57.2 Å². The summed E-state index contributed by atoms with van der Waals surface area (Å²) in [5, 5.41) is 0. The van der Waals surface area contributed by atoms with Crippen molar-refractivity contribution in [3.63, 3.8) is 0 Å². The number of hydrogen-bond acceptors (Lipinski definition) is 6. The van der Waals surface area contributed by atoms with E-state index in [2.05, 4.69) is 0 Å². The van der Waals surface area contributed by atoms with Crippen molar-refractivity contribution in [2.45, 2.75) is 47.8 Å². The van der Waals surface area contributed by atoms with Crippen molar-refractivity contribution >= 4 is 29.9 Å². The molecule has 34 heavy (non-hydrogen) atoms. The average Bonchev–Trinajstić information content (AvgIpc) is 3.19. The molecule has 0 saturated carbocycles. The molecule has 0 unspecified atom stereocenters. The molecular formula is C23H30N2O6S3. The molecule has 0 atom stereocenters. The fraction of sp³-hybridized carbons (Fsp3) is 0.478. The standard InChI is InChI=1S/C23H30N2O6S3/c1-18-4-5-19(2)22(16-18)34(30,31)24-13-10-23(11-14-24)12-15-25(17-23)33(28,29)21-8-6-20(7-9-21)32(3,26)27/h4-9,16H,10-15,17H2,1-3H3. The van der Waals surface area contributed by atoms with Gasteiger partial charge in [0.15, 0.2) is 9.84 Å². The van der Waals surface area contributed by atoms with E-state index in [1.165, 1.54) is 32.9 Å². The Balaban J connectivity index is 1.47. The highest BCUT2D eigenvalue weighted by atomic mass is 32.2. The van der Waals surface area contributed by atoms with Crippen molar-refractivity contribution in [3.05, 3.63) is 53.6 Å². The molecule has 2 heterocycles. The van der Waals surface area contributed by atoms with Gasteiger partial charge >= 0.3 is 0 Å². The number of rotatable bonds is 5. The summed E-state index contributed by atoms with van der Waals surface area (Å²) in [7, 11) is -10.8. The summed E-state index contributed by atoms with van der Waals surface area (Å²) in [6, 6.07) is 10.7. The maximum absolute atomic E-state index is 13.2. The second-order valence-corrected chi connectivity index (χ2v) is 15.4. The maximum atomic E-state index is 13.2. The fourth-order valence-electron chi connectivity index (χ4n) is 4.84. The molecule has 0 bridgehead atoms. The zero-order chi connectivity index (χ0) is 24.9. The summed E-state index contributed by atoms with van der Waals surface area (Å²) in [6.07, 6.45) is 2.94. The molecule has 0 aliphatic carbocycles. The summed E-state index contributed by atoms with van der Waals surface area (Å²) in [5.74, 6) is 0. The molecule has 0 N–H and O–H groups in total. The topological polar surface area (TPSA) is 109 Å². The van der Waals surface area contributed by atoms with Crippen LogP contribution in [-0.4, -0.2) is 66.3 Å². The van der Waals surface area contributed by atoms with Gasteiger partial charge in [0.05, 0.1) is 14.7 Å². The van der Waals surface area contributed by atoms with Gasteiger partial charge in [0.2, 0.25) is 20.0 Å². The van der Waals surface area contributed by atoms with Crippen molar-refractivity contribution in [1.29, 1.82) is 0 Å². The molecule has 2 aliphatic heterocycles. The van der Waals surface area contributed by atoms with E-state index >= 15 is 0 Å². The lowest BCUT2D eigenvalue weighted by atomic mass is 9.78. The van der Waals surface area contributed by atoms with E-state index in [4.69, 9.17) is 0 Å². The fourth-order valence-corrected chi connectivity index (χ4v) is 8.78. The number of sulfone groups is 1. The minimum Gasteiger partial charge on any atom is -0.224 e. The Morgan fingerprint density at radius 2 is 1.24 bits per heavy atom. The molecule has 1 spiro atoms. The molecule has 0 amide bonds. The van der Waals surface area contributed by atoms with E-state index in [0.717, 1.165) is 11.8 Å². The molecule has 2 aromatic rings. The highest BCUT2D eigenvalue weighted by Crippen LogP contribution is 2.43. The van der Waals surface area contributed by atoms with E-state index in [-0.39, 0.29) is 15.2 Å². The number of sulfonamides is 2. The first-order valence-electron chi connectivity index (χ1n) is 11.1. The van der Waals surface area contributed by atoms with Crippen molar-refractivity contribution in [1.82, 2.24) is 8.61 Å². The molecule has 8 nitrogen and oxygen atoms in total. The number of piperidine rings is 1. The van der Waals surface area contributed by atoms with Gasteiger partial charge in [-0.15, -0.1) is 0 Å². The van der Waals surface area contributed by atoms with Gasteiger partial charge in [0.25, 0.3) is 0 Å². The quantitative estimate of drug-likeness (QED) is 0.592. The van der Waals surface area contributed by atoms with Gasteiger partial charge in [-0.3, -0.25) is 0 Å². The third kappa shape index (κ3) is 4.68. The third-order valence-electron chi connectivity index (χ3n) is 7.04. The summed E-state index contributed by atoms with van der Waals surface area (Å²) in [4.78, 5) is 0.463. The van der Waals surface area contributed by atoms with Crippen LogP contribution < -0.4 is 0 Å². The normalized spacial score (nSPS) is 20.1. The Bertz CT molecular complexity index is 1410. The predicted octanol–water partition coefficient (Wildman–Crippen LogP) is 2.57. The minimum absolute atomic E-state index is 0.0619. The second kappa shape index (κ2) is 8.70. The first-order chi connectivity index (χ1) is 15.7. The summed E-state index contributed by atoms with van der Waals surface area (Å²) in [6.45, 7) is 5.06. The second-order valence-electron chi connectivity index (χ2n) is 9.51. The molecule has 2 aromatic carbocycles. The SMILES string of the molecule is Cc1ccc(C)c(S(=O)(=O)N2CCC3(CCN(S(=O)(=O)c4ccc(S(C)(=O)=O)cc4)C3)CC2)c1. The maximum Gasteiger partial charge on any atom is 0.243 e. The molecule has 2 fully saturated rings. The van der Waals surface area contributed by atoms with Crippen molar-refractivity contribution in [2.24, 2.45) is 5.41 Å². The lowest BCUT2D eigenvalue weighted by Crippen LogP contribution is -2.44. The summed E-state index contributed by atoms with van der Waals surface area (Å²) >= 11 is 0. The van der Waals surface area contributed by atoms with E-state index in [1.54, 1.807) is 13.0 Å². The van der Waals surface area contributed by atoms with Gasteiger partial charge in [-0.05, 0) is 80.0 Å². The number of nitrogens with zero attached hydrogens (tertiary/aromatic N) is 2. The lowest BCUT2D eigenvalue weighted by molar-refractivity contribution is 0.167. The van der Waals surface area contributed by atoms with Gasteiger partial charge in [-0.25, -0.2) is 25.3 Å². The first-order valence-corrected chi connectivity index (χ1v) is 15.9. The summed E-state index contributed by atoms with van der Waals surface area (Å²) < 4.78 is 79.1. The van der Waals surface area contributed by atoms with E-state index < -0.39 is 29.9 Å². The zero-order valence-electron chi connectivity index (χ0n) is 19.6. The Labute approximate surface area is 202 Å². The molecular weight excluding hydrogens is 496 g/mol. The number of benzene rings is 2. The molecule has 2 saturated heterocycles. The summed E-state index contributed by atoms with van der Waals surface area (Å²) in [5.41, 5.74) is 1.35. The van der Waals surface area contributed by atoms with Crippen molar-refractivity contribution in [3.8, 4) is 0 Å². The van der Waals surface area contributed by atoms with Gasteiger partial charge in [0.1, 0.15) is 0 Å². The smallest absolute Gasteiger partial charge is 0.224 e. The zero-order valence-corrected chi connectivity index (χ0v) is 22.0. The number of hydrogen-bond donors (Lipinski definition) is 0. The van der Waals surface area contributed by atoms with Crippen molar-refractivity contribution in [2.75, 3.05) is 32.4 Å². The van der Waals surface area contributed by atoms with Crippen molar-refractivity contribution < 1.29 is 25.3 Å². The minimum atomic E-state index is -3.76. The van der Waals surface area contributed by atoms with E-state index in [0.29, 0.717) is 55.9 Å². The molecule has 0 radical (unpaired) electrons. The van der Waals surface area contributed by atoms with Crippen LogP contribution in [0.2, 0.25) is 0 Å². The highest BCUT2D eigenvalue weighted by Gasteiger charge is 2.46. The van der Waals surface area contributed by atoms with Gasteiger partial charge in [-0.1, -0.05) is 12.1 Å². The molecule has 2 aliphatic rings. The Morgan fingerprint density at radius 3 is 1.79 bits per heavy atom. The largest absolute Gasteiger partial charge is 0.243 e. The number of aryl methyl sites for hydroxylation is 2. The molecule has 186 valence electrons. The van der Waals surface area contributed by atoms with E-state index in [1.807, 2.05) is 19.1 Å². The van der Waals surface area contributed by atoms with Crippen LogP contribution in [0, 0.1) is 19.3 Å². The Morgan fingerprint density at radius 1 is 0.706 bits per heavy atom. The van der Waals surface area contributed by atoms with Crippen LogP contribution >= 0.6 is 0 Å². The first kappa shape index (κ1) is 25.3. The van der Waals surface area contributed by atoms with Crippen LogP contribution in [0.5, 0.6) is 0 Å². The lowest BCUT2D eigenvalue weighted by Gasteiger charge is -2.38. The van der Waals surface area contributed by atoms with Gasteiger partial charge in [0, 0.05) is 32.4 Å². The third-order valence-corrected chi connectivity index (χ3v) is 12.1. The Kier molecular flexibility index (Phi) is 6.48. The van der Waals surface area contributed by atoms with Gasteiger partial charge in [-0.2, -0.15) is 8.61 Å². The average molecular weight is 527 g/mol. The van der Waals surface area contributed by atoms with E-state index in [9.17, 15) is 25.3 Å². The van der Waals surface area contributed by atoms with Gasteiger partial charge < -0.3 is 0 Å². The predicted molar refractivity (Wildman–Crippen MR) is 129 cm³/mol. The van der Waals surface area contributed by atoms with Crippen LogP contribution in [0.1, 0.15) is 30.4 Å². The molecule has 0 aromatic heterocycles. The van der Waals surface area contributed by atoms with Crippen LogP contribution in [-0.2, 0) is 29.9 Å². The van der Waals surface area contributed by atoms with Crippen LogP contribution in [0.4, 0.5) is 0 Å². The molecule has 4 rings (SSSR count).